The molecular weight excluding hydrogens is 182 g/mol. The van der Waals surface area contributed by atoms with Crippen LogP contribution in [0.3, 0.4) is 0 Å². The van der Waals surface area contributed by atoms with Gasteiger partial charge in [-0.05, 0) is 25.8 Å². The lowest BCUT2D eigenvalue weighted by molar-refractivity contribution is 0.530. The number of aliphatic imine (C=N–C) groups is 1. The smallest absolute Gasteiger partial charge is 0.0341 e. The number of allylic oxidation sites excluding steroid dienone is 4. The van der Waals surface area contributed by atoms with Crippen molar-refractivity contribution < 1.29 is 0 Å². The van der Waals surface area contributed by atoms with E-state index in [-0.39, 0.29) is 5.41 Å². The molecule has 1 unspecified atom stereocenters. The third-order valence-electron chi connectivity index (χ3n) is 2.76. The number of rotatable bonds is 6. The Balaban J connectivity index is 4.59. The molecule has 0 aromatic carbocycles. The molecule has 0 fully saturated rings. The number of hydrogen-bond donors (Lipinski definition) is 0. The van der Waals surface area contributed by atoms with E-state index in [9.17, 15) is 0 Å². The van der Waals surface area contributed by atoms with Crippen molar-refractivity contribution >= 4 is 5.71 Å². The highest BCUT2D eigenvalue weighted by Crippen LogP contribution is 2.24. The van der Waals surface area contributed by atoms with Gasteiger partial charge in [-0.1, -0.05) is 45.4 Å². The average Bonchev–Trinajstić information content (AvgIpc) is 2.24. The predicted octanol–water partition coefficient (Wildman–Crippen LogP) is 4.41. The second-order valence-corrected chi connectivity index (χ2v) is 4.16. The van der Waals surface area contributed by atoms with Crippen LogP contribution in [0.2, 0.25) is 0 Å². The highest BCUT2D eigenvalue weighted by Gasteiger charge is 2.13. The summed E-state index contributed by atoms with van der Waals surface area (Å²) in [5, 5.41) is 0. The van der Waals surface area contributed by atoms with Gasteiger partial charge in [0.2, 0.25) is 0 Å². The third-order valence-corrected chi connectivity index (χ3v) is 2.76. The Labute approximate surface area is 95.0 Å². The van der Waals surface area contributed by atoms with Crippen molar-refractivity contribution in [1.29, 1.82) is 0 Å². The van der Waals surface area contributed by atoms with Gasteiger partial charge in [-0.15, -0.1) is 0 Å². The minimum absolute atomic E-state index is 0.179. The van der Waals surface area contributed by atoms with Gasteiger partial charge in [-0.3, -0.25) is 4.99 Å². The van der Waals surface area contributed by atoms with E-state index in [2.05, 4.69) is 57.0 Å². The first-order valence-electron chi connectivity index (χ1n) is 5.90. The van der Waals surface area contributed by atoms with Gasteiger partial charge in [0.05, 0.1) is 0 Å². The van der Waals surface area contributed by atoms with Crippen molar-refractivity contribution in [2.75, 3.05) is 7.05 Å². The normalized spacial score (nSPS) is 17.5. The fraction of sp³-hybridized carbons (Fsp3) is 0.643. The minimum atomic E-state index is 0.179. The Hall–Kier alpha value is -0.850. The van der Waals surface area contributed by atoms with E-state index in [1.165, 1.54) is 5.71 Å². The van der Waals surface area contributed by atoms with Gasteiger partial charge in [0.15, 0.2) is 0 Å². The second-order valence-electron chi connectivity index (χ2n) is 4.16. The molecule has 0 heterocycles. The van der Waals surface area contributed by atoms with E-state index in [1.54, 1.807) is 0 Å². The second kappa shape index (κ2) is 7.44. The van der Waals surface area contributed by atoms with Gasteiger partial charge in [0, 0.05) is 18.2 Å². The topological polar surface area (TPSA) is 12.4 Å². The standard InChI is InChI=1S/C14H25N/c1-6-9-13(15-5)10-12-14(4,8-3)11-7-2/h7,10-12H,6,8-9H2,1-5H3. The van der Waals surface area contributed by atoms with Crippen LogP contribution in [0.5, 0.6) is 0 Å². The fourth-order valence-electron chi connectivity index (χ4n) is 1.48. The quantitative estimate of drug-likeness (QED) is 0.452. The van der Waals surface area contributed by atoms with E-state index < -0.39 is 0 Å². The average molecular weight is 207 g/mol. The zero-order chi connectivity index (χ0) is 11.7. The molecule has 0 rings (SSSR count). The lowest BCUT2D eigenvalue weighted by Crippen LogP contribution is -2.08. The van der Waals surface area contributed by atoms with Crippen LogP contribution in [0.25, 0.3) is 0 Å². The summed E-state index contributed by atoms with van der Waals surface area (Å²) < 4.78 is 0. The Morgan fingerprint density at radius 3 is 2.33 bits per heavy atom. The molecule has 1 heteroatoms. The van der Waals surface area contributed by atoms with Crippen molar-refractivity contribution in [2.45, 2.75) is 47.0 Å². The van der Waals surface area contributed by atoms with Gasteiger partial charge in [0.25, 0.3) is 0 Å². The van der Waals surface area contributed by atoms with Crippen LogP contribution in [-0.4, -0.2) is 12.8 Å². The maximum absolute atomic E-state index is 4.28. The summed E-state index contributed by atoms with van der Waals surface area (Å²) in [5.74, 6) is 0. The molecule has 0 radical (unpaired) electrons. The first-order valence-corrected chi connectivity index (χ1v) is 5.90. The molecule has 0 amide bonds. The SMILES string of the molecule is CC=CC(C)(C=CC(CCC)=NC)CC. The molecule has 0 saturated carbocycles. The molecule has 0 aromatic rings. The highest BCUT2D eigenvalue weighted by molar-refractivity contribution is 5.94. The maximum Gasteiger partial charge on any atom is 0.0341 e. The van der Waals surface area contributed by atoms with Gasteiger partial charge in [-0.2, -0.15) is 0 Å². The summed E-state index contributed by atoms with van der Waals surface area (Å²) in [7, 11) is 1.87. The molecule has 0 N–H and O–H groups in total. The van der Waals surface area contributed by atoms with Crippen LogP contribution >= 0.6 is 0 Å². The van der Waals surface area contributed by atoms with E-state index in [0.29, 0.717) is 0 Å². The van der Waals surface area contributed by atoms with Crippen LogP contribution in [0, 0.1) is 5.41 Å². The van der Waals surface area contributed by atoms with E-state index in [1.807, 2.05) is 7.05 Å². The van der Waals surface area contributed by atoms with Crippen molar-refractivity contribution in [2.24, 2.45) is 10.4 Å². The van der Waals surface area contributed by atoms with Crippen molar-refractivity contribution in [3.05, 3.63) is 24.3 Å². The van der Waals surface area contributed by atoms with Crippen LogP contribution in [0.15, 0.2) is 29.3 Å². The molecule has 86 valence electrons. The molecule has 1 atom stereocenters. The molecule has 1 nitrogen and oxygen atoms in total. The monoisotopic (exact) mass is 207 g/mol. The first kappa shape index (κ1) is 14.2. The summed E-state index contributed by atoms with van der Waals surface area (Å²) >= 11 is 0. The highest BCUT2D eigenvalue weighted by atomic mass is 14.7. The Morgan fingerprint density at radius 2 is 1.93 bits per heavy atom. The zero-order valence-corrected chi connectivity index (χ0v) is 10.9. The van der Waals surface area contributed by atoms with Gasteiger partial charge < -0.3 is 0 Å². The summed E-state index contributed by atoms with van der Waals surface area (Å²) in [5.41, 5.74) is 1.37. The predicted molar refractivity (Wildman–Crippen MR) is 70.6 cm³/mol. The summed E-state index contributed by atoms with van der Waals surface area (Å²) in [6.07, 6.45) is 12.2. The maximum atomic E-state index is 4.28. The summed E-state index contributed by atoms with van der Waals surface area (Å²) in [6.45, 7) is 8.72. The molecule has 0 aliphatic heterocycles. The molecule has 0 spiro atoms. The summed E-state index contributed by atoms with van der Waals surface area (Å²) in [6, 6.07) is 0. The largest absolute Gasteiger partial charge is 0.293 e. The molecule has 0 saturated heterocycles. The number of hydrogen-bond acceptors (Lipinski definition) is 1. The summed E-state index contributed by atoms with van der Waals surface area (Å²) in [4.78, 5) is 4.28. The van der Waals surface area contributed by atoms with E-state index in [0.717, 1.165) is 19.3 Å². The Bertz CT molecular complexity index is 248. The third kappa shape index (κ3) is 5.56. The fourth-order valence-corrected chi connectivity index (χ4v) is 1.48. The first-order chi connectivity index (χ1) is 7.11. The zero-order valence-electron chi connectivity index (χ0n) is 10.9. The van der Waals surface area contributed by atoms with Crippen LogP contribution in [0.1, 0.15) is 47.0 Å². The molecule has 0 bridgehead atoms. The van der Waals surface area contributed by atoms with Gasteiger partial charge in [0.1, 0.15) is 0 Å². The van der Waals surface area contributed by atoms with E-state index in [4.69, 9.17) is 0 Å². The van der Waals surface area contributed by atoms with Gasteiger partial charge >= 0.3 is 0 Å². The van der Waals surface area contributed by atoms with Crippen LogP contribution < -0.4 is 0 Å². The molecule has 0 aliphatic rings. The lowest BCUT2D eigenvalue weighted by atomic mass is 9.86. The van der Waals surface area contributed by atoms with Crippen molar-refractivity contribution in [1.82, 2.24) is 0 Å². The molecular formula is C14H25N. The van der Waals surface area contributed by atoms with Crippen molar-refractivity contribution in [3.63, 3.8) is 0 Å². The Morgan fingerprint density at radius 1 is 1.27 bits per heavy atom. The molecule has 0 aliphatic carbocycles. The van der Waals surface area contributed by atoms with Crippen molar-refractivity contribution in [3.8, 4) is 0 Å². The molecule has 15 heavy (non-hydrogen) atoms. The van der Waals surface area contributed by atoms with Crippen LogP contribution in [-0.2, 0) is 0 Å². The van der Waals surface area contributed by atoms with Crippen LogP contribution in [0.4, 0.5) is 0 Å². The van der Waals surface area contributed by atoms with E-state index >= 15 is 0 Å². The minimum Gasteiger partial charge on any atom is -0.293 e. The molecule has 0 aromatic heterocycles. The lowest BCUT2D eigenvalue weighted by Gasteiger charge is -2.19. The van der Waals surface area contributed by atoms with Gasteiger partial charge in [-0.25, -0.2) is 0 Å². The number of nitrogens with zero attached hydrogens (tertiary/aromatic N) is 1. The Kier molecular flexibility index (Phi) is 7.02.